The monoisotopic (exact) mass is 251 g/mol. The van der Waals surface area contributed by atoms with E-state index in [9.17, 15) is 5.11 Å². The molecule has 1 aliphatic rings. The lowest BCUT2D eigenvalue weighted by Crippen LogP contribution is -2.36. The Bertz CT molecular complexity index is 323. The van der Waals surface area contributed by atoms with Crippen molar-refractivity contribution in [2.45, 2.75) is 57.6 Å². The molecule has 3 nitrogen and oxygen atoms in total. The zero-order valence-electron chi connectivity index (χ0n) is 11.3. The predicted molar refractivity (Wildman–Crippen MR) is 72.4 cm³/mol. The third-order valence-electron chi connectivity index (χ3n) is 3.88. The molecule has 0 bridgehead atoms. The second-order valence-electron chi connectivity index (χ2n) is 5.31. The van der Waals surface area contributed by atoms with Crippen LogP contribution in [-0.2, 0) is 0 Å². The zero-order valence-corrected chi connectivity index (χ0v) is 11.3. The minimum atomic E-state index is -0.456. The lowest BCUT2D eigenvalue weighted by Gasteiger charge is -2.30. The molecule has 2 unspecified atom stereocenters. The number of nitrogens with zero attached hydrogens (tertiary/aromatic N) is 1. The van der Waals surface area contributed by atoms with Crippen molar-refractivity contribution in [3.05, 3.63) is 24.2 Å². The zero-order chi connectivity index (χ0) is 12.8. The topological polar surface area (TPSA) is 36.6 Å². The Kier molecular flexibility index (Phi) is 5.26. The Morgan fingerprint density at radius 3 is 3.06 bits per heavy atom. The van der Waals surface area contributed by atoms with Crippen LogP contribution in [0.2, 0.25) is 0 Å². The third-order valence-corrected chi connectivity index (χ3v) is 3.88. The van der Waals surface area contributed by atoms with E-state index in [-0.39, 0.29) is 0 Å². The molecule has 0 aliphatic carbocycles. The van der Waals surface area contributed by atoms with Gasteiger partial charge in [-0.05, 0) is 50.9 Å². The van der Waals surface area contributed by atoms with Crippen LogP contribution in [0, 0.1) is 0 Å². The van der Waals surface area contributed by atoms with Crippen LogP contribution in [0.5, 0.6) is 0 Å². The number of rotatable bonds is 5. The highest BCUT2D eigenvalue weighted by molar-refractivity contribution is 5.02. The first-order valence-electron chi connectivity index (χ1n) is 7.26. The van der Waals surface area contributed by atoms with Crippen molar-refractivity contribution in [1.29, 1.82) is 0 Å². The summed E-state index contributed by atoms with van der Waals surface area (Å²) in [5, 5.41) is 10.2. The first-order valence-corrected chi connectivity index (χ1v) is 7.26. The third kappa shape index (κ3) is 3.59. The van der Waals surface area contributed by atoms with E-state index in [1.807, 2.05) is 12.1 Å². The van der Waals surface area contributed by atoms with Crippen molar-refractivity contribution in [1.82, 2.24) is 4.90 Å². The quantitative estimate of drug-likeness (QED) is 0.871. The van der Waals surface area contributed by atoms with Gasteiger partial charge < -0.3 is 14.4 Å². The Morgan fingerprint density at radius 2 is 2.33 bits per heavy atom. The molecule has 1 aliphatic heterocycles. The lowest BCUT2D eigenvalue weighted by molar-refractivity contribution is 0.0863. The van der Waals surface area contributed by atoms with Gasteiger partial charge in [-0.25, -0.2) is 0 Å². The highest BCUT2D eigenvalue weighted by atomic mass is 16.4. The smallest absolute Gasteiger partial charge is 0.132 e. The number of aliphatic hydroxyl groups excluding tert-OH is 1. The average molecular weight is 251 g/mol. The van der Waals surface area contributed by atoms with Gasteiger partial charge in [-0.2, -0.15) is 0 Å². The normalized spacial score (nSPS) is 23.8. The molecule has 3 heteroatoms. The molecule has 0 radical (unpaired) electrons. The van der Waals surface area contributed by atoms with Gasteiger partial charge in [0.15, 0.2) is 0 Å². The minimum absolute atomic E-state index is 0.456. The summed E-state index contributed by atoms with van der Waals surface area (Å²) in [6, 6.07) is 4.22. The summed E-state index contributed by atoms with van der Waals surface area (Å²) in [5.41, 5.74) is 0. The summed E-state index contributed by atoms with van der Waals surface area (Å²) in [7, 11) is 0. The molecule has 1 saturated heterocycles. The molecule has 1 aromatic rings. The largest absolute Gasteiger partial charge is 0.467 e. The van der Waals surface area contributed by atoms with Gasteiger partial charge in [-0.3, -0.25) is 0 Å². The van der Waals surface area contributed by atoms with Crippen LogP contribution in [0.25, 0.3) is 0 Å². The van der Waals surface area contributed by atoms with E-state index in [1.165, 1.54) is 38.6 Å². The summed E-state index contributed by atoms with van der Waals surface area (Å²) in [5.74, 6) is 0.704. The maximum absolute atomic E-state index is 10.2. The molecule has 18 heavy (non-hydrogen) atoms. The van der Waals surface area contributed by atoms with Crippen LogP contribution in [0.1, 0.15) is 57.3 Å². The van der Waals surface area contributed by atoms with Gasteiger partial charge in [0.25, 0.3) is 0 Å². The molecule has 102 valence electrons. The Balaban J connectivity index is 1.95. The molecular weight excluding hydrogens is 226 g/mol. The van der Waals surface area contributed by atoms with Crippen LogP contribution in [0.15, 0.2) is 22.8 Å². The van der Waals surface area contributed by atoms with Crippen molar-refractivity contribution in [3.8, 4) is 0 Å². The van der Waals surface area contributed by atoms with Crippen LogP contribution >= 0.6 is 0 Å². The number of likely N-dealkylation sites (tertiary alicyclic amines) is 1. The average Bonchev–Trinajstić information content (AvgIpc) is 2.82. The SMILES string of the molecule is CCCN1CCCCCC1CC(O)c1ccco1. The Labute approximate surface area is 110 Å². The first kappa shape index (κ1) is 13.6. The van der Waals surface area contributed by atoms with E-state index in [1.54, 1.807) is 6.26 Å². The van der Waals surface area contributed by atoms with Crippen molar-refractivity contribution in [3.63, 3.8) is 0 Å². The number of hydrogen-bond donors (Lipinski definition) is 1. The second kappa shape index (κ2) is 6.95. The molecular formula is C15H25NO2. The summed E-state index contributed by atoms with van der Waals surface area (Å²) in [6.45, 7) is 4.56. The number of hydrogen-bond acceptors (Lipinski definition) is 3. The molecule has 1 fully saturated rings. The molecule has 2 heterocycles. The lowest BCUT2D eigenvalue weighted by atomic mass is 10.0. The van der Waals surface area contributed by atoms with Gasteiger partial charge in [-0.15, -0.1) is 0 Å². The summed E-state index contributed by atoms with van der Waals surface area (Å²) >= 11 is 0. The standard InChI is InChI=1S/C15H25NO2/c1-2-9-16-10-5-3-4-7-13(16)12-14(17)15-8-6-11-18-15/h6,8,11,13-14,17H,2-5,7,9-10,12H2,1H3. The highest BCUT2D eigenvalue weighted by Gasteiger charge is 2.24. The van der Waals surface area contributed by atoms with E-state index in [2.05, 4.69) is 11.8 Å². The Morgan fingerprint density at radius 1 is 1.44 bits per heavy atom. The number of aliphatic hydroxyl groups is 1. The van der Waals surface area contributed by atoms with E-state index in [0.717, 1.165) is 13.0 Å². The van der Waals surface area contributed by atoms with E-state index in [4.69, 9.17) is 4.42 Å². The van der Waals surface area contributed by atoms with E-state index in [0.29, 0.717) is 11.8 Å². The summed E-state index contributed by atoms with van der Waals surface area (Å²) in [4.78, 5) is 2.55. The summed E-state index contributed by atoms with van der Waals surface area (Å²) in [6.07, 6.45) is 8.28. The molecule has 0 spiro atoms. The number of furan rings is 1. The second-order valence-corrected chi connectivity index (χ2v) is 5.31. The van der Waals surface area contributed by atoms with Gasteiger partial charge in [0.1, 0.15) is 11.9 Å². The van der Waals surface area contributed by atoms with Gasteiger partial charge in [0.05, 0.1) is 6.26 Å². The van der Waals surface area contributed by atoms with Crippen LogP contribution in [0.4, 0.5) is 0 Å². The van der Waals surface area contributed by atoms with Gasteiger partial charge in [0.2, 0.25) is 0 Å². The van der Waals surface area contributed by atoms with Crippen LogP contribution in [-0.4, -0.2) is 29.1 Å². The van der Waals surface area contributed by atoms with E-state index >= 15 is 0 Å². The van der Waals surface area contributed by atoms with Gasteiger partial charge in [0, 0.05) is 6.04 Å². The van der Waals surface area contributed by atoms with Gasteiger partial charge >= 0.3 is 0 Å². The molecule has 0 saturated carbocycles. The van der Waals surface area contributed by atoms with Crippen LogP contribution < -0.4 is 0 Å². The highest BCUT2D eigenvalue weighted by Crippen LogP contribution is 2.26. The molecule has 1 aromatic heterocycles. The van der Waals surface area contributed by atoms with Crippen molar-refractivity contribution in [2.24, 2.45) is 0 Å². The Hall–Kier alpha value is -0.800. The fraction of sp³-hybridized carbons (Fsp3) is 0.733. The van der Waals surface area contributed by atoms with Crippen molar-refractivity contribution < 1.29 is 9.52 Å². The molecule has 2 rings (SSSR count). The van der Waals surface area contributed by atoms with E-state index < -0.39 is 6.10 Å². The van der Waals surface area contributed by atoms with Crippen LogP contribution in [0.3, 0.4) is 0 Å². The maximum atomic E-state index is 10.2. The molecule has 1 N–H and O–H groups in total. The maximum Gasteiger partial charge on any atom is 0.132 e. The summed E-state index contributed by atoms with van der Waals surface area (Å²) < 4.78 is 5.29. The minimum Gasteiger partial charge on any atom is -0.467 e. The fourth-order valence-corrected chi connectivity index (χ4v) is 2.94. The van der Waals surface area contributed by atoms with Gasteiger partial charge in [-0.1, -0.05) is 19.8 Å². The molecule has 0 aromatic carbocycles. The first-order chi connectivity index (χ1) is 8.81. The fourth-order valence-electron chi connectivity index (χ4n) is 2.94. The predicted octanol–water partition coefficient (Wildman–Crippen LogP) is 3.36. The van der Waals surface area contributed by atoms with Crippen molar-refractivity contribution >= 4 is 0 Å². The molecule has 2 atom stereocenters. The van der Waals surface area contributed by atoms with Crippen molar-refractivity contribution in [2.75, 3.05) is 13.1 Å². The molecule has 0 amide bonds.